The second-order valence-corrected chi connectivity index (χ2v) is 4.16. The Morgan fingerprint density at radius 1 is 1.40 bits per heavy atom. The van der Waals surface area contributed by atoms with Gasteiger partial charge in [0.15, 0.2) is 0 Å². The Bertz CT molecular complexity index is 359. The van der Waals surface area contributed by atoms with Gasteiger partial charge in [-0.25, -0.2) is 0 Å². The second kappa shape index (κ2) is 5.16. The number of nitrogens with zero attached hydrogens (tertiary/aromatic N) is 1. The van der Waals surface area contributed by atoms with Crippen molar-refractivity contribution in [1.82, 2.24) is 0 Å². The third-order valence-electron chi connectivity index (χ3n) is 2.35. The molecule has 0 atom stereocenters. The summed E-state index contributed by atoms with van der Waals surface area (Å²) in [5.41, 5.74) is 7.38. The molecule has 1 aromatic carbocycles. The summed E-state index contributed by atoms with van der Waals surface area (Å²) >= 11 is 3.39. The zero-order valence-corrected chi connectivity index (χ0v) is 10.6. The topological polar surface area (TPSA) is 53.1 Å². The lowest BCUT2D eigenvalue weighted by Crippen LogP contribution is -2.25. The van der Waals surface area contributed by atoms with Crippen molar-refractivity contribution in [2.45, 2.75) is 13.8 Å². The molecule has 0 radical (unpaired) electrons. The molecule has 0 aliphatic heterocycles. The van der Waals surface area contributed by atoms with Gasteiger partial charge in [-0.05, 0) is 32.0 Å². The number of nitrogens with two attached hydrogens (primary N) is 1. The minimum atomic E-state index is 0.109. The molecule has 0 fully saturated rings. The van der Waals surface area contributed by atoms with Crippen molar-refractivity contribution < 1.29 is 0 Å². The molecule has 0 saturated carbocycles. The van der Waals surface area contributed by atoms with Crippen molar-refractivity contribution in [3.8, 4) is 0 Å². The number of anilines is 1. The van der Waals surface area contributed by atoms with Crippen LogP contribution < -0.4 is 10.6 Å². The van der Waals surface area contributed by atoms with Crippen molar-refractivity contribution in [1.29, 1.82) is 5.41 Å². The SMILES string of the molecule is CCN(CC)c1ccc(Br)cc1C(=N)N. The van der Waals surface area contributed by atoms with Crippen molar-refractivity contribution in [3.05, 3.63) is 28.2 Å². The third kappa shape index (κ3) is 2.72. The van der Waals surface area contributed by atoms with E-state index < -0.39 is 0 Å². The van der Waals surface area contributed by atoms with Crippen LogP contribution in [-0.4, -0.2) is 18.9 Å². The summed E-state index contributed by atoms with van der Waals surface area (Å²) in [5.74, 6) is 0.109. The molecular formula is C11H16BrN3. The Morgan fingerprint density at radius 3 is 2.47 bits per heavy atom. The number of nitrogens with one attached hydrogen (secondary N) is 1. The van der Waals surface area contributed by atoms with E-state index in [0.717, 1.165) is 28.8 Å². The van der Waals surface area contributed by atoms with Crippen LogP contribution in [0.3, 0.4) is 0 Å². The summed E-state index contributed by atoms with van der Waals surface area (Å²) < 4.78 is 0.948. The Balaban J connectivity index is 3.21. The van der Waals surface area contributed by atoms with Gasteiger partial charge in [-0.15, -0.1) is 0 Å². The highest BCUT2D eigenvalue weighted by molar-refractivity contribution is 9.10. The van der Waals surface area contributed by atoms with E-state index in [1.54, 1.807) is 0 Å². The summed E-state index contributed by atoms with van der Waals surface area (Å²) in [6.07, 6.45) is 0. The number of amidine groups is 1. The molecule has 0 unspecified atom stereocenters. The molecule has 0 saturated heterocycles. The van der Waals surface area contributed by atoms with Crippen molar-refractivity contribution in [3.63, 3.8) is 0 Å². The average molecular weight is 270 g/mol. The van der Waals surface area contributed by atoms with Crippen LogP contribution in [0.15, 0.2) is 22.7 Å². The van der Waals surface area contributed by atoms with E-state index in [-0.39, 0.29) is 5.84 Å². The zero-order chi connectivity index (χ0) is 11.4. The van der Waals surface area contributed by atoms with Crippen LogP contribution in [-0.2, 0) is 0 Å². The van der Waals surface area contributed by atoms with E-state index in [0.29, 0.717) is 0 Å². The predicted molar refractivity (Wildman–Crippen MR) is 68.7 cm³/mol. The normalized spacial score (nSPS) is 10.1. The fraction of sp³-hybridized carbons (Fsp3) is 0.364. The van der Waals surface area contributed by atoms with Crippen LogP contribution in [0, 0.1) is 5.41 Å². The van der Waals surface area contributed by atoms with Crippen molar-refractivity contribution >= 4 is 27.5 Å². The molecule has 0 aliphatic carbocycles. The van der Waals surface area contributed by atoms with E-state index >= 15 is 0 Å². The van der Waals surface area contributed by atoms with Gasteiger partial charge in [0, 0.05) is 28.8 Å². The molecule has 0 spiro atoms. The fourth-order valence-electron chi connectivity index (χ4n) is 1.56. The first-order valence-corrected chi connectivity index (χ1v) is 5.78. The predicted octanol–water partition coefficient (Wildman–Crippen LogP) is 2.58. The zero-order valence-electron chi connectivity index (χ0n) is 9.05. The molecule has 3 nitrogen and oxygen atoms in total. The van der Waals surface area contributed by atoms with E-state index in [1.165, 1.54) is 0 Å². The van der Waals surface area contributed by atoms with Gasteiger partial charge in [0.25, 0.3) is 0 Å². The molecule has 15 heavy (non-hydrogen) atoms. The first-order chi connectivity index (χ1) is 7.10. The van der Waals surface area contributed by atoms with Crippen LogP contribution in [0.4, 0.5) is 5.69 Å². The lowest BCUT2D eigenvalue weighted by Gasteiger charge is -2.23. The third-order valence-corrected chi connectivity index (χ3v) is 2.85. The van der Waals surface area contributed by atoms with Gasteiger partial charge in [0.05, 0.1) is 0 Å². The largest absolute Gasteiger partial charge is 0.384 e. The number of rotatable bonds is 4. The molecule has 0 aliphatic rings. The first-order valence-electron chi connectivity index (χ1n) is 4.99. The van der Waals surface area contributed by atoms with Crippen LogP contribution in [0.5, 0.6) is 0 Å². The first kappa shape index (κ1) is 12.0. The van der Waals surface area contributed by atoms with E-state index in [1.807, 2.05) is 18.2 Å². The van der Waals surface area contributed by atoms with Gasteiger partial charge in [0.2, 0.25) is 0 Å². The smallest absolute Gasteiger partial charge is 0.124 e. The molecule has 0 heterocycles. The maximum atomic E-state index is 7.55. The highest BCUT2D eigenvalue weighted by atomic mass is 79.9. The molecule has 1 rings (SSSR count). The van der Waals surface area contributed by atoms with Gasteiger partial charge in [-0.2, -0.15) is 0 Å². The summed E-state index contributed by atoms with van der Waals surface area (Å²) in [6, 6.07) is 5.85. The molecule has 0 amide bonds. The van der Waals surface area contributed by atoms with Crippen molar-refractivity contribution in [2.75, 3.05) is 18.0 Å². The summed E-state index contributed by atoms with van der Waals surface area (Å²) in [5, 5.41) is 7.55. The number of hydrogen-bond acceptors (Lipinski definition) is 2. The lowest BCUT2D eigenvalue weighted by atomic mass is 10.1. The quantitative estimate of drug-likeness (QED) is 0.652. The fourth-order valence-corrected chi connectivity index (χ4v) is 1.93. The maximum Gasteiger partial charge on any atom is 0.124 e. The highest BCUT2D eigenvalue weighted by Gasteiger charge is 2.10. The highest BCUT2D eigenvalue weighted by Crippen LogP contribution is 2.24. The minimum Gasteiger partial charge on any atom is -0.384 e. The Labute approximate surface area is 98.9 Å². The molecule has 0 aromatic heterocycles. The molecule has 4 heteroatoms. The lowest BCUT2D eigenvalue weighted by molar-refractivity contribution is 0.864. The molecular weight excluding hydrogens is 254 g/mol. The number of nitrogen functional groups attached to an aromatic ring is 1. The van der Waals surface area contributed by atoms with E-state index in [2.05, 4.69) is 34.7 Å². The Morgan fingerprint density at radius 2 is 2.00 bits per heavy atom. The van der Waals surface area contributed by atoms with Gasteiger partial charge in [-0.1, -0.05) is 15.9 Å². The average Bonchev–Trinajstić information content (AvgIpc) is 2.21. The molecule has 1 aromatic rings. The summed E-state index contributed by atoms with van der Waals surface area (Å²) in [4.78, 5) is 2.18. The van der Waals surface area contributed by atoms with Crippen LogP contribution in [0.2, 0.25) is 0 Å². The van der Waals surface area contributed by atoms with Gasteiger partial charge in [-0.3, -0.25) is 5.41 Å². The van der Waals surface area contributed by atoms with Gasteiger partial charge < -0.3 is 10.6 Å². The minimum absolute atomic E-state index is 0.109. The second-order valence-electron chi connectivity index (χ2n) is 3.25. The maximum absolute atomic E-state index is 7.55. The Hall–Kier alpha value is -1.03. The molecule has 3 N–H and O–H groups in total. The van der Waals surface area contributed by atoms with Gasteiger partial charge >= 0.3 is 0 Å². The number of hydrogen-bond donors (Lipinski definition) is 2. The summed E-state index contributed by atoms with van der Waals surface area (Å²) in [7, 11) is 0. The standard InChI is InChI=1S/C11H16BrN3/c1-3-15(4-2)10-6-5-8(12)7-9(10)11(13)14/h5-7H,3-4H2,1-2H3,(H3,13,14). The molecule has 0 bridgehead atoms. The van der Waals surface area contributed by atoms with Crippen LogP contribution in [0.1, 0.15) is 19.4 Å². The summed E-state index contributed by atoms with van der Waals surface area (Å²) in [6.45, 7) is 6.02. The monoisotopic (exact) mass is 269 g/mol. The number of benzene rings is 1. The van der Waals surface area contributed by atoms with Crippen molar-refractivity contribution in [2.24, 2.45) is 5.73 Å². The van der Waals surface area contributed by atoms with Crippen LogP contribution in [0.25, 0.3) is 0 Å². The van der Waals surface area contributed by atoms with Crippen LogP contribution >= 0.6 is 15.9 Å². The Kier molecular flexibility index (Phi) is 4.15. The number of halogens is 1. The van der Waals surface area contributed by atoms with E-state index in [9.17, 15) is 0 Å². The van der Waals surface area contributed by atoms with E-state index in [4.69, 9.17) is 11.1 Å². The molecule has 82 valence electrons. The van der Waals surface area contributed by atoms with Gasteiger partial charge in [0.1, 0.15) is 5.84 Å².